The Bertz CT molecular complexity index is 3080. The minimum Gasteiger partial charge on any atom is -0.445 e. The summed E-state index contributed by atoms with van der Waals surface area (Å²) in [5.74, 6) is -6.02. The van der Waals surface area contributed by atoms with Crippen molar-refractivity contribution in [3.8, 4) is 11.3 Å². The lowest BCUT2D eigenvalue weighted by molar-refractivity contribution is -0.144. The van der Waals surface area contributed by atoms with Gasteiger partial charge in [-0.25, -0.2) is 36.2 Å². The van der Waals surface area contributed by atoms with Gasteiger partial charge in [-0.3, -0.25) is 33.7 Å². The molecule has 1 saturated heterocycles. The van der Waals surface area contributed by atoms with Gasteiger partial charge in [0, 0.05) is 62.2 Å². The number of urea groups is 1. The molecule has 22 nitrogen and oxygen atoms in total. The van der Waals surface area contributed by atoms with Crippen molar-refractivity contribution in [2.45, 2.75) is 122 Å². The van der Waals surface area contributed by atoms with Crippen LogP contribution in [-0.2, 0) is 56.5 Å². The van der Waals surface area contributed by atoms with E-state index in [0.717, 1.165) is 28.7 Å². The number of rotatable bonds is 30. The Hall–Kier alpha value is -8.13. The van der Waals surface area contributed by atoms with E-state index in [0.29, 0.717) is 24.8 Å². The number of sulfone groups is 1. The van der Waals surface area contributed by atoms with Crippen LogP contribution < -0.4 is 32.3 Å². The molecule has 3 aromatic carbocycles. The van der Waals surface area contributed by atoms with Crippen LogP contribution in [0.25, 0.3) is 11.3 Å². The van der Waals surface area contributed by atoms with Gasteiger partial charge < -0.3 is 51.6 Å². The number of imide groups is 1. The number of hydrogen-bond acceptors (Lipinski definition) is 13. The Labute approximate surface area is 485 Å². The molecule has 5 atom stereocenters. The topological polar surface area (TPSA) is 311 Å². The van der Waals surface area contributed by atoms with Crippen LogP contribution in [0, 0.1) is 23.5 Å². The lowest BCUT2D eigenvalue weighted by atomic mass is 9.90. The number of amides is 9. The number of nitrogens with zero attached hydrogens (tertiary/aromatic N) is 4. The van der Waals surface area contributed by atoms with Crippen molar-refractivity contribution < 1.29 is 69.8 Å². The first-order valence-electron chi connectivity index (χ1n) is 27.8. The van der Waals surface area contributed by atoms with Crippen molar-refractivity contribution in [2.75, 3.05) is 43.1 Å². The lowest BCUT2D eigenvalue weighted by Crippen LogP contribution is -2.54. The first-order chi connectivity index (χ1) is 40.0. The summed E-state index contributed by atoms with van der Waals surface area (Å²) in [5.41, 5.74) is 6.56. The van der Waals surface area contributed by atoms with Crippen molar-refractivity contribution in [3.63, 3.8) is 0 Å². The van der Waals surface area contributed by atoms with Gasteiger partial charge in [-0.05, 0) is 105 Å². The fourth-order valence-electron chi connectivity index (χ4n) is 9.82. The highest BCUT2D eigenvalue weighted by Crippen LogP contribution is 2.39. The Morgan fingerprint density at radius 3 is 2.18 bits per heavy atom. The molecule has 0 unspecified atom stereocenters. The molecule has 6 rings (SSSR count). The molecule has 0 radical (unpaired) electrons. The number of nitrogens with two attached hydrogens (primary N) is 1. The number of aliphatic hydroxyl groups is 1. The normalized spacial score (nSPS) is 15.8. The number of unbranched alkanes of at least 4 members (excludes halogenated alkanes) is 2. The molecule has 84 heavy (non-hydrogen) atoms. The standard InChI is InChI=1S/C58H73F3N10O12S/c1-36(2)51(68-48(73)14-8-5-9-27-70-49(74)21-22-50(70)75)55(77)67-46(13-10-26-63-57(62)79)54(76)64-42-18-15-39(16-19-42)35-83-58(80)65-43(32-59)23-28-71(56(78)37(3)72)52(40-24-29-84(81,82)30-25-40)53-66-47(44-31-41(60)17-20-45(44)61)34-69(53)33-38-11-6-4-7-12-38/h4,6-7,11-12,15-22,31,34,36-37,40,43,46,51-52,72H,5,8-10,13-14,23-30,32-33,35H2,1-3H3,(H,64,76)(H,65,80)(H,67,77)(H,68,73)(H3,62,63,79)/t37-,43-,46-,51-,52+/m0/s1. The van der Waals surface area contributed by atoms with E-state index in [-0.39, 0.29) is 117 Å². The Kier molecular flexibility index (Phi) is 24.0. The van der Waals surface area contributed by atoms with Gasteiger partial charge >= 0.3 is 12.1 Å². The van der Waals surface area contributed by atoms with Gasteiger partial charge in [-0.2, -0.15) is 0 Å². The van der Waals surface area contributed by atoms with Crippen LogP contribution in [0.2, 0.25) is 0 Å². The Morgan fingerprint density at radius 2 is 1.54 bits per heavy atom. The molecule has 1 aromatic heterocycles. The summed E-state index contributed by atoms with van der Waals surface area (Å²) in [7, 11) is -3.45. The van der Waals surface area contributed by atoms with E-state index in [9.17, 15) is 60.7 Å². The number of aromatic nitrogens is 2. The van der Waals surface area contributed by atoms with Gasteiger partial charge in [0.1, 0.15) is 58.8 Å². The third-order valence-corrected chi connectivity index (χ3v) is 16.1. The summed E-state index contributed by atoms with van der Waals surface area (Å²) < 4.78 is 77.4. The van der Waals surface area contributed by atoms with Crippen LogP contribution in [0.3, 0.4) is 0 Å². The van der Waals surface area contributed by atoms with Crippen molar-refractivity contribution in [1.82, 2.24) is 40.6 Å². The van der Waals surface area contributed by atoms with Gasteiger partial charge in [-0.15, -0.1) is 0 Å². The second-order valence-electron chi connectivity index (χ2n) is 21.2. The van der Waals surface area contributed by atoms with Crippen LogP contribution >= 0.6 is 0 Å². The van der Waals surface area contributed by atoms with Crippen LogP contribution in [0.15, 0.2) is 91.1 Å². The highest BCUT2D eigenvalue weighted by molar-refractivity contribution is 7.91. The second kappa shape index (κ2) is 31.0. The number of imidazole rings is 1. The fourth-order valence-corrected chi connectivity index (χ4v) is 11.3. The highest BCUT2D eigenvalue weighted by atomic mass is 32.2. The van der Waals surface area contributed by atoms with Gasteiger partial charge in [0.2, 0.25) is 17.7 Å². The minimum absolute atomic E-state index is 0.0221. The van der Waals surface area contributed by atoms with Crippen LogP contribution in [-0.4, -0.2) is 142 Å². The summed E-state index contributed by atoms with van der Waals surface area (Å²) in [6.07, 6.45) is 2.99. The van der Waals surface area contributed by atoms with Gasteiger partial charge in [0.05, 0.1) is 29.3 Å². The molecule has 454 valence electrons. The number of carbonyl (C=O) groups excluding carboxylic acids is 8. The quantitative estimate of drug-likeness (QED) is 0.0264. The van der Waals surface area contributed by atoms with E-state index in [1.807, 2.05) is 18.2 Å². The summed E-state index contributed by atoms with van der Waals surface area (Å²) in [6, 6.07) is 12.8. The van der Waals surface area contributed by atoms with Gasteiger partial charge in [0.25, 0.3) is 17.7 Å². The number of aliphatic hydroxyl groups excluding tert-OH is 1. The number of alkyl carbamates (subject to hydrolysis) is 1. The predicted octanol–water partition coefficient (Wildman–Crippen LogP) is 5.10. The van der Waals surface area contributed by atoms with Crippen molar-refractivity contribution >= 4 is 63.1 Å². The molecule has 0 saturated carbocycles. The number of benzene rings is 3. The predicted molar refractivity (Wildman–Crippen MR) is 303 cm³/mol. The lowest BCUT2D eigenvalue weighted by Gasteiger charge is -2.39. The van der Waals surface area contributed by atoms with Crippen molar-refractivity contribution in [1.29, 1.82) is 0 Å². The zero-order valence-electron chi connectivity index (χ0n) is 47.1. The van der Waals surface area contributed by atoms with Gasteiger partial charge in [0.15, 0.2) is 0 Å². The molecule has 2 aliphatic heterocycles. The molecule has 8 N–H and O–H groups in total. The summed E-state index contributed by atoms with van der Waals surface area (Å²) in [4.78, 5) is 110. The number of ether oxygens (including phenoxy) is 1. The Morgan fingerprint density at radius 1 is 0.845 bits per heavy atom. The number of hydrogen-bond donors (Lipinski definition) is 7. The number of anilines is 1. The number of alkyl halides is 1. The monoisotopic (exact) mass is 1190 g/mol. The first kappa shape index (κ1) is 65.0. The van der Waals surface area contributed by atoms with E-state index in [4.69, 9.17) is 15.5 Å². The number of primary amides is 1. The maximum Gasteiger partial charge on any atom is 0.407 e. The molecular weight excluding hydrogens is 1120 g/mol. The maximum absolute atomic E-state index is 15.3. The van der Waals surface area contributed by atoms with Crippen molar-refractivity contribution in [2.24, 2.45) is 17.6 Å². The number of nitrogens with one attached hydrogen (secondary N) is 5. The third kappa shape index (κ3) is 19.2. The molecule has 0 aliphatic carbocycles. The largest absolute Gasteiger partial charge is 0.445 e. The number of halogens is 3. The van der Waals surface area contributed by atoms with Gasteiger partial charge in [-0.1, -0.05) is 62.7 Å². The molecule has 3 heterocycles. The zero-order chi connectivity index (χ0) is 61.1. The summed E-state index contributed by atoms with van der Waals surface area (Å²) in [6.45, 7) is 3.41. The second-order valence-corrected chi connectivity index (χ2v) is 23.5. The average Bonchev–Trinajstić information content (AvgIpc) is 2.30. The zero-order valence-corrected chi connectivity index (χ0v) is 47.9. The van der Waals surface area contributed by atoms with E-state index >= 15 is 4.39 Å². The SMILES string of the molecule is CC(C)[C@H](NC(=O)CCCCCN1C(=O)C=CC1=O)C(=O)N[C@@H](CCCNC(N)=O)C(=O)Nc1ccc(COC(=O)N[C@H](CF)CCN(C(=O)[C@H](C)O)[C@@H](c2nc(-c3cc(F)ccc3F)cn2Cc2ccccc2)C2CCS(=O)(=O)CC2)cc1. The van der Waals surface area contributed by atoms with E-state index < -0.39 is 106 Å². The molecule has 1 fully saturated rings. The van der Waals surface area contributed by atoms with E-state index in [1.54, 1.807) is 42.7 Å². The molecule has 0 spiro atoms. The van der Waals surface area contributed by atoms with Crippen LogP contribution in [0.5, 0.6) is 0 Å². The van der Waals surface area contributed by atoms with Crippen molar-refractivity contribution in [3.05, 3.63) is 120 Å². The van der Waals surface area contributed by atoms with Crippen LogP contribution in [0.1, 0.15) is 102 Å². The molecule has 0 bridgehead atoms. The molecule has 9 amide bonds. The fraction of sp³-hybridized carbons (Fsp3) is 0.466. The highest BCUT2D eigenvalue weighted by Gasteiger charge is 2.40. The maximum atomic E-state index is 15.3. The van der Waals surface area contributed by atoms with E-state index in [1.165, 1.54) is 42.3 Å². The molecule has 2 aliphatic rings. The first-order valence-corrected chi connectivity index (χ1v) is 29.7. The molecule has 4 aromatic rings. The smallest absolute Gasteiger partial charge is 0.407 e. The Balaban J connectivity index is 1.09. The number of carbonyl (C=O) groups is 8. The van der Waals surface area contributed by atoms with E-state index in [2.05, 4.69) is 26.6 Å². The minimum atomic E-state index is -3.45. The average molecular weight is 1190 g/mol. The van der Waals surface area contributed by atoms with Crippen LogP contribution in [0.4, 0.5) is 28.4 Å². The molecule has 26 heteroatoms. The third-order valence-electron chi connectivity index (χ3n) is 14.4. The molecular formula is C58H73F3N10O12S. The summed E-state index contributed by atoms with van der Waals surface area (Å²) >= 11 is 0. The summed E-state index contributed by atoms with van der Waals surface area (Å²) in [5, 5.41) is 23.9.